The molecule has 0 saturated heterocycles. The van der Waals surface area contributed by atoms with Gasteiger partial charge < -0.3 is 15.7 Å². The first kappa shape index (κ1) is 17.8. The molecule has 0 spiro atoms. The number of sulfonamides is 1. The molecule has 0 saturated carbocycles. The van der Waals surface area contributed by atoms with Gasteiger partial charge >= 0.3 is 0 Å². The van der Waals surface area contributed by atoms with Gasteiger partial charge in [-0.05, 0) is 36.8 Å². The molecule has 1 aromatic rings. The molecule has 1 rings (SSSR count). The largest absolute Gasteiger partial charge is 0.394 e. The minimum absolute atomic E-state index is 0.0205. The molecule has 1 unspecified atom stereocenters. The van der Waals surface area contributed by atoms with E-state index in [1.165, 1.54) is 26.2 Å². The maximum Gasteiger partial charge on any atom is 0.242 e. The molecule has 1 atom stereocenters. The normalized spacial score (nSPS) is 13.0. The van der Waals surface area contributed by atoms with Gasteiger partial charge in [0.1, 0.15) is 0 Å². The Bertz CT molecular complexity index is 584. The zero-order valence-corrected chi connectivity index (χ0v) is 14.0. The standard InChI is InChI=1S/C13H21N3O3S2/c1-4-10(9-17)14-13(20)15-11-6-5-7-12(8-11)21(18,19)16(2)3/h5-8,10,17H,4,9H2,1-3H3,(H2,14,15,20). The molecule has 0 fully saturated rings. The molecule has 1 aromatic carbocycles. The van der Waals surface area contributed by atoms with Crippen molar-refractivity contribution in [2.75, 3.05) is 26.0 Å². The predicted molar refractivity (Wildman–Crippen MR) is 87.8 cm³/mol. The maximum atomic E-state index is 12.1. The lowest BCUT2D eigenvalue weighted by molar-refractivity contribution is 0.253. The number of rotatable bonds is 6. The van der Waals surface area contributed by atoms with E-state index in [9.17, 15) is 8.42 Å². The zero-order chi connectivity index (χ0) is 16.0. The van der Waals surface area contributed by atoms with E-state index in [2.05, 4.69) is 10.6 Å². The fraction of sp³-hybridized carbons (Fsp3) is 0.462. The summed E-state index contributed by atoms with van der Waals surface area (Å²) in [5.41, 5.74) is 0.572. The van der Waals surface area contributed by atoms with Gasteiger partial charge in [0.15, 0.2) is 5.11 Å². The highest BCUT2D eigenvalue weighted by atomic mass is 32.2. The molecule has 0 heterocycles. The lowest BCUT2D eigenvalue weighted by atomic mass is 10.2. The number of thiocarbonyl (C=S) groups is 1. The minimum atomic E-state index is -3.48. The molecule has 118 valence electrons. The van der Waals surface area contributed by atoms with Gasteiger partial charge in [0.2, 0.25) is 10.0 Å². The van der Waals surface area contributed by atoms with Crippen LogP contribution >= 0.6 is 12.2 Å². The van der Waals surface area contributed by atoms with E-state index < -0.39 is 10.0 Å². The number of nitrogens with zero attached hydrogens (tertiary/aromatic N) is 1. The number of aliphatic hydroxyl groups is 1. The number of hydrogen-bond donors (Lipinski definition) is 3. The summed E-state index contributed by atoms with van der Waals surface area (Å²) in [5, 5.41) is 15.3. The second kappa shape index (κ2) is 7.69. The third-order valence-corrected chi connectivity index (χ3v) is 4.95. The molecule has 0 radical (unpaired) electrons. The average Bonchev–Trinajstić information content (AvgIpc) is 2.44. The summed E-state index contributed by atoms with van der Waals surface area (Å²) in [5.74, 6) is 0. The van der Waals surface area contributed by atoms with Crippen molar-refractivity contribution >= 4 is 33.0 Å². The van der Waals surface area contributed by atoms with Gasteiger partial charge in [-0.25, -0.2) is 12.7 Å². The Kier molecular flexibility index (Phi) is 6.53. The van der Waals surface area contributed by atoms with Crippen LogP contribution in [0.4, 0.5) is 5.69 Å². The number of aliphatic hydroxyl groups excluding tert-OH is 1. The van der Waals surface area contributed by atoms with Crippen LogP contribution in [0.25, 0.3) is 0 Å². The molecule has 0 aliphatic heterocycles. The van der Waals surface area contributed by atoms with Gasteiger partial charge in [-0.3, -0.25) is 0 Å². The topological polar surface area (TPSA) is 81.7 Å². The SMILES string of the molecule is CCC(CO)NC(=S)Nc1cccc(S(=O)(=O)N(C)C)c1. The van der Waals surface area contributed by atoms with E-state index in [0.29, 0.717) is 10.8 Å². The van der Waals surface area contributed by atoms with Gasteiger partial charge in [0.05, 0.1) is 17.5 Å². The molecular weight excluding hydrogens is 310 g/mol. The Morgan fingerprint density at radius 2 is 2.10 bits per heavy atom. The van der Waals surface area contributed by atoms with Gasteiger partial charge in [-0.2, -0.15) is 0 Å². The summed E-state index contributed by atoms with van der Waals surface area (Å²) in [6.45, 7) is 1.91. The summed E-state index contributed by atoms with van der Waals surface area (Å²) >= 11 is 5.14. The molecular formula is C13H21N3O3S2. The first-order chi connectivity index (χ1) is 9.81. The molecule has 3 N–H and O–H groups in total. The van der Waals surface area contributed by atoms with E-state index in [4.69, 9.17) is 17.3 Å². The lowest BCUT2D eigenvalue weighted by Crippen LogP contribution is -2.39. The van der Waals surface area contributed by atoms with Crippen molar-refractivity contribution in [1.29, 1.82) is 0 Å². The highest BCUT2D eigenvalue weighted by Gasteiger charge is 2.17. The van der Waals surface area contributed by atoms with E-state index >= 15 is 0 Å². The summed E-state index contributed by atoms with van der Waals surface area (Å²) in [6, 6.07) is 6.29. The monoisotopic (exact) mass is 331 g/mol. The Hall–Kier alpha value is -1.22. The lowest BCUT2D eigenvalue weighted by Gasteiger charge is -2.18. The number of anilines is 1. The Morgan fingerprint density at radius 1 is 1.43 bits per heavy atom. The van der Waals surface area contributed by atoms with Gasteiger partial charge in [0.25, 0.3) is 0 Å². The van der Waals surface area contributed by atoms with E-state index in [1.807, 2.05) is 6.92 Å². The Balaban J connectivity index is 2.85. The van der Waals surface area contributed by atoms with E-state index in [-0.39, 0.29) is 17.5 Å². The van der Waals surface area contributed by atoms with Crippen LogP contribution in [0.1, 0.15) is 13.3 Å². The fourth-order valence-corrected chi connectivity index (χ4v) is 2.81. The van der Waals surface area contributed by atoms with Crippen molar-refractivity contribution in [2.24, 2.45) is 0 Å². The molecule has 0 aromatic heterocycles. The number of hydrogen-bond acceptors (Lipinski definition) is 4. The van der Waals surface area contributed by atoms with Crippen LogP contribution in [0, 0.1) is 0 Å². The Labute approximate surface area is 131 Å². The van der Waals surface area contributed by atoms with Crippen LogP contribution in [0.5, 0.6) is 0 Å². The Morgan fingerprint density at radius 3 is 2.62 bits per heavy atom. The third kappa shape index (κ3) is 4.92. The van der Waals surface area contributed by atoms with Crippen molar-refractivity contribution in [3.63, 3.8) is 0 Å². The minimum Gasteiger partial charge on any atom is -0.394 e. The molecule has 0 amide bonds. The van der Waals surface area contributed by atoms with Crippen LogP contribution < -0.4 is 10.6 Å². The zero-order valence-electron chi connectivity index (χ0n) is 12.3. The van der Waals surface area contributed by atoms with Crippen LogP contribution in [0.3, 0.4) is 0 Å². The van der Waals surface area contributed by atoms with Crippen LogP contribution in [-0.2, 0) is 10.0 Å². The maximum absolute atomic E-state index is 12.1. The molecule has 8 heteroatoms. The van der Waals surface area contributed by atoms with E-state index in [1.54, 1.807) is 12.1 Å². The fourth-order valence-electron chi connectivity index (χ4n) is 1.57. The van der Waals surface area contributed by atoms with E-state index in [0.717, 1.165) is 10.7 Å². The van der Waals surface area contributed by atoms with Crippen molar-refractivity contribution < 1.29 is 13.5 Å². The van der Waals surface area contributed by atoms with Gasteiger partial charge in [-0.1, -0.05) is 13.0 Å². The van der Waals surface area contributed by atoms with Crippen LogP contribution in [-0.4, -0.2) is 49.7 Å². The molecule has 21 heavy (non-hydrogen) atoms. The summed E-state index contributed by atoms with van der Waals surface area (Å²) in [7, 11) is -0.516. The first-order valence-electron chi connectivity index (χ1n) is 6.52. The van der Waals surface area contributed by atoms with Crippen LogP contribution in [0.2, 0.25) is 0 Å². The molecule has 0 aliphatic carbocycles. The molecule has 6 nitrogen and oxygen atoms in total. The van der Waals surface area contributed by atoms with Crippen molar-refractivity contribution in [3.05, 3.63) is 24.3 Å². The van der Waals surface area contributed by atoms with Crippen molar-refractivity contribution in [3.8, 4) is 0 Å². The van der Waals surface area contributed by atoms with Gasteiger partial charge in [0, 0.05) is 19.8 Å². The van der Waals surface area contributed by atoms with Crippen molar-refractivity contribution in [2.45, 2.75) is 24.3 Å². The highest BCUT2D eigenvalue weighted by molar-refractivity contribution is 7.89. The first-order valence-corrected chi connectivity index (χ1v) is 8.37. The summed E-state index contributed by atoms with van der Waals surface area (Å²) < 4.78 is 25.3. The second-order valence-electron chi connectivity index (χ2n) is 4.70. The molecule has 0 bridgehead atoms. The quantitative estimate of drug-likeness (QED) is 0.675. The van der Waals surface area contributed by atoms with Crippen molar-refractivity contribution in [1.82, 2.24) is 9.62 Å². The third-order valence-electron chi connectivity index (χ3n) is 2.92. The van der Waals surface area contributed by atoms with Crippen LogP contribution in [0.15, 0.2) is 29.2 Å². The number of benzene rings is 1. The second-order valence-corrected chi connectivity index (χ2v) is 7.26. The predicted octanol–water partition coefficient (Wildman–Crippen LogP) is 0.994. The number of nitrogens with one attached hydrogen (secondary N) is 2. The molecule has 0 aliphatic rings. The van der Waals surface area contributed by atoms with Gasteiger partial charge in [-0.15, -0.1) is 0 Å². The summed E-state index contributed by atoms with van der Waals surface area (Å²) in [6.07, 6.45) is 0.730. The average molecular weight is 331 g/mol. The highest BCUT2D eigenvalue weighted by Crippen LogP contribution is 2.17. The summed E-state index contributed by atoms with van der Waals surface area (Å²) in [4.78, 5) is 0.189. The smallest absolute Gasteiger partial charge is 0.242 e.